The van der Waals surface area contributed by atoms with Crippen molar-refractivity contribution in [3.05, 3.63) is 87.6 Å². The molecule has 0 amide bonds. The van der Waals surface area contributed by atoms with Crippen molar-refractivity contribution in [2.24, 2.45) is 0 Å². The summed E-state index contributed by atoms with van der Waals surface area (Å²) in [5.74, 6) is 0.600. The molecule has 138 valence electrons. The fourth-order valence-corrected chi connectivity index (χ4v) is 2.73. The van der Waals surface area contributed by atoms with Crippen molar-refractivity contribution in [3.63, 3.8) is 0 Å². The van der Waals surface area contributed by atoms with Gasteiger partial charge in [-0.15, -0.1) is 0 Å². The van der Waals surface area contributed by atoms with Crippen LogP contribution in [0.25, 0.3) is 0 Å². The van der Waals surface area contributed by atoms with Gasteiger partial charge >= 0.3 is 5.69 Å². The number of aromatic nitrogens is 2. The van der Waals surface area contributed by atoms with Crippen LogP contribution < -0.4 is 10.6 Å². The van der Waals surface area contributed by atoms with E-state index in [1.54, 1.807) is 6.92 Å². The third-order valence-electron chi connectivity index (χ3n) is 4.08. The molecule has 3 aromatic rings. The van der Waals surface area contributed by atoms with E-state index < -0.39 is 4.92 Å². The van der Waals surface area contributed by atoms with Gasteiger partial charge in [0.2, 0.25) is 11.8 Å². The molecule has 1 aromatic heterocycles. The predicted molar refractivity (Wildman–Crippen MR) is 106 cm³/mol. The largest absolute Gasteiger partial charge is 0.360 e. The fourth-order valence-electron chi connectivity index (χ4n) is 2.73. The Morgan fingerprint density at radius 3 is 2.19 bits per heavy atom. The second kappa shape index (κ2) is 8.75. The van der Waals surface area contributed by atoms with E-state index in [0.717, 1.165) is 12.0 Å². The van der Waals surface area contributed by atoms with Gasteiger partial charge in [0.25, 0.3) is 0 Å². The lowest BCUT2D eigenvalue weighted by atomic mass is 10.1. The maximum atomic E-state index is 11.4. The van der Waals surface area contributed by atoms with Crippen LogP contribution in [0, 0.1) is 17.0 Å². The van der Waals surface area contributed by atoms with Crippen LogP contribution in [0.1, 0.15) is 16.8 Å². The lowest BCUT2D eigenvalue weighted by Gasteiger charge is -2.11. The Balaban J connectivity index is 1.73. The Hall–Kier alpha value is -3.48. The summed E-state index contributed by atoms with van der Waals surface area (Å²) in [5, 5.41) is 17.7. The molecular weight excluding hydrogens is 342 g/mol. The molecule has 0 aliphatic heterocycles. The third-order valence-corrected chi connectivity index (χ3v) is 4.08. The van der Waals surface area contributed by atoms with Crippen LogP contribution in [0.4, 0.5) is 17.5 Å². The number of nitrogens with zero attached hydrogens (tertiary/aromatic N) is 3. The lowest BCUT2D eigenvalue weighted by molar-refractivity contribution is -0.385. The highest BCUT2D eigenvalue weighted by Crippen LogP contribution is 2.27. The molecular formula is C20H21N5O2. The van der Waals surface area contributed by atoms with E-state index in [4.69, 9.17) is 0 Å². The normalized spacial score (nSPS) is 10.4. The van der Waals surface area contributed by atoms with E-state index in [1.165, 1.54) is 5.56 Å². The quantitative estimate of drug-likeness (QED) is 0.465. The first kappa shape index (κ1) is 18.3. The van der Waals surface area contributed by atoms with Crippen molar-refractivity contribution in [1.82, 2.24) is 9.97 Å². The fraction of sp³-hybridized carbons (Fsp3) is 0.200. The van der Waals surface area contributed by atoms with Gasteiger partial charge in [0.05, 0.1) is 4.92 Å². The van der Waals surface area contributed by atoms with Gasteiger partial charge in [-0.2, -0.15) is 4.98 Å². The second-order valence-electron chi connectivity index (χ2n) is 6.09. The summed E-state index contributed by atoms with van der Waals surface area (Å²) in [7, 11) is 0. The Labute approximate surface area is 157 Å². The highest BCUT2D eigenvalue weighted by Gasteiger charge is 2.21. The smallest absolute Gasteiger partial charge is 0.332 e. The molecule has 7 heteroatoms. The Morgan fingerprint density at radius 1 is 0.926 bits per heavy atom. The summed E-state index contributed by atoms with van der Waals surface area (Å²) in [6.45, 7) is 2.71. The monoisotopic (exact) mass is 363 g/mol. The van der Waals surface area contributed by atoms with Crippen molar-refractivity contribution in [3.8, 4) is 0 Å². The molecule has 0 aliphatic carbocycles. The number of hydrogen-bond acceptors (Lipinski definition) is 6. The molecule has 0 saturated heterocycles. The van der Waals surface area contributed by atoms with Crippen LogP contribution in [0.15, 0.2) is 60.7 Å². The topological polar surface area (TPSA) is 93.0 Å². The third kappa shape index (κ3) is 5.01. The average molecular weight is 363 g/mol. The predicted octanol–water partition coefficient (Wildman–Crippen LogP) is 3.96. The van der Waals surface area contributed by atoms with Crippen LogP contribution in [-0.2, 0) is 13.0 Å². The SMILES string of the molecule is Cc1nc(NCCc2ccccc2)nc(NCc2ccccc2)c1[N+](=O)[O-]. The molecule has 0 fully saturated rings. The van der Waals surface area contributed by atoms with Crippen molar-refractivity contribution in [2.75, 3.05) is 17.2 Å². The first-order chi connectivity index (χ1) is 13.1. The van der Waals surface area contributed by atoms with Crippen molar-refractivity contribution in [2.45, 2.75) is 19.9 Å². The van der Waals surface area contributed by atoms with Gasteiger partial charge in [0, 0.05) is 13.1 Å². The van der Waals surface area contributed by atoms with E-state index in [2.05, 4.69) is 32.7 Å². The number of hydrogen-bond donors (Lipinski definition) is 2. The number of rotatable bonds is 8. The summed E-state index contributed by atoms with van der Waals surface area (Å²) < 4.78 is 0. The lowest BCUT2D eigenvalue weighted by Crippen LogP contribution is -2.13. The minimum atomic E-state index is -0.448. The first-order valence-electron chi connectivity index (χ1n) is 8.72. The van der Waals surface area contributed by atoms with Gasteiger partial charge in [-0.3, -0.25) is 10.1 Å². The highest BCUT2D eigenvalue weighted by molar-refractivity contribution is 5.61. The van der Waals surface area contributed by atoms with Crippen molar-refractivity contribution < 1.29 is 4.92 Å². The van der Waals surface area contributed by atoms with E-state index in [-0.39, 0.29) is 11.5 Å². The van der Waals surface area contributed by atoms with Crippen LogP contribution in [0.5, 0.6) is 0 Å². The van der Waals surface area contributed by atoms with Crippen LogP contribution >= 0.6 is 0 Å². The highest BCUT2D eigenvalue weighted by atomic mass is 16.6. The summed E-state index contributed by atoms with van der Waals surface area (Å²) in [6, 6.07) is 19.7. The first-order valence-corrected chi connectivity index (χ1v) is 8.72. The van der Waals surface area contributed by atoms with Crippen LogP contribution in [-0.4, -0.2) is 21.4 Å². The molecule has 0 spiro atoms. The van der Waals surface area contributed by atoms with Crippen molar-refractivity contribution >= 4 is 17.5 Å². The van der Waals surface area contributed by atoms with Gasteiger partial charge < -0.3 is 10.6 Å². The number of aryl methyl sites for hydroxylation is 1. The summed E-state index contributed by atoms with van der Waals surface area (Å²) in [5.41, 5.74) is 2.44. The van der Waals surface area contributed by atoms with Crippen molar-refractivity contribution in [1.29, 1.82) is 0 Å². The number of nitro groups is 1. The number of nitrogens with one attached hydrogen (secondary N) is 2. The summed E-state index contributed by atoms with van der Waals surface area (Å²) in [4.78, 5) is 19.5. The zero-order chi connectivity index (χ0) is 19.1. The zero-order valence-electron chi connectivity index (χ0n) is 15.1. The Kier molecular flexibility index (Phi) is 5.94. The molecule has 2 aromatic carbocycles. The Bertz CT molecular complexity index is 901. The molecule has 0 aliphatic rings. The van der Waals surface area contributed by atoms with E-state index >= 15 is 0 Å². The maximum absolute atomic E-state index is 11.4. The van der Waals surface area contributed by atoms with E-state index in [1.807, 2.05) is 48.5 Å². The zero-order valence-corrected chi connectivity index (χ0v) is 15.1. The summed E-state index contributed by atoms with van der Waals surface area (Å²) in [6.07, 6.45) is 0.813. The average Bonchev–Trinajstić information content (AvgIpc) is 2.67. The molecule has 1 heterocycles. The molecule has 0 atom stereocenters. The van der Waals surface area contributed by atoms with E-state index in [9.17, 15) is 10.1 Å². The molecule has 2 N–H and O–H groups in total. The maximum Gasteiger partial charge on any atom is 0.332 e. The molecule has 27 heavy (non-hydrogen) atoms. The van der Waals surface area contributed by atoms with Gasteiger partial charge in [0.15, 0.2) is 0 Å². The van der Waals surface area contributed by atoms with Gasteiger partial charge in [-0.1, -0.05) is 60.7 Å². The van der Waals surface area contributed by atoms with Gasteiger partial charge in [-0.25, -0.2) is 4.98 Å². The standard InChI is InChI=1S/C20H21N5O2/c1-15-18(25(26)27)19(22-14-17-10-6-3-7-11-17)24-20(23-15)21-13-12-16-8-4-2-5-9-16/h2-11H,12-14H2,1H3,(H2,21,22,23,24). The van der Waals surface area contributed by atoms with Crippen LogP contribution in [0.2, 0.25) is 0 Å². The second-order valence-corrected chi connectivity index (χ2v) is 6.09. The molecule has 0 unspecified atom stereocenters. The summed E-state index contributed by atoms with van der Waals surface area (Å²) >= 11 is 0. The molecule has 3 rings (SSSR count). The molecule has 0 radical (unpaired) electrons. The minimum Gasteiger partial charge on any atom is -0.360 e. The van der Waals surface area contributed by atoms with Gasteiger partial charge in [-0.05, 0) is 24.5 Å². The van der Waals surface area contributed by atoms with E-state index in [0.29, 0.717) is 24.7 Å². The number of benzene rings is 2. The molecule has 0 saturated carbocycles. The molecule has 0 bridgehead atoms. The minimum absolute atomic E-state index is 0.0976. The van der Waals surface area contributed by atoms with Gasteiger partial charge in [0.1, 0.15) is 5.69 Å². The van der Waals surface area contributed by atoms with Crippen LogP contribution in [0.3, 0.4) is 0 Å². The number of anilines is 2. The Morgan fingerprint density at radius 2 is 1.56 bits per heavy atom. The molecule has 7 nitrogen and oxygen atoms in total.